The van der Waals surface area contributed by atoms with Gasteiger partial charge in [-0.15, -0.1) is 0 Å². The molecule has 5 fully saturated rings. The van der Waals surface area contributed by atoms with Crippen molar-refractivity contribution in [1.82, 2.24) is 0 Å². The number of Topliss-reactive ketones (excluding diaryl/α,β-unsaturated/α-hetero) is 1. The summed E-state index contributed by atoms with van der Waals surface area (Å²) in [7, 11) is 0. The lowest BCUT2D eigenvalue weighted by molar-refractivity contribution is -0.157. The summed E-state index contributed by atoms with van der Waals surface area (Å²) in [6.07, 6.45) is 14.7. The smallest absolute Gasteiger partial charge is 0.138 e. The largest absolute Gasteiger partial charge is 0.299 e. The van der Waals surface area contributed by atoms with E-state index in [1.807, 2.05) is 0 Å². The Bertz CT molecular complexity index is 822. The van der Waals surface area contributed by atoms with Crippen LogP contribution in [0, 0.1) is 56.7 Å². The molecule has 1 nitrogen and oxygen atoms in total. The second-order valence-corrected chi connectivity index (χ2v) is 14.6. The molecule has 0 heterocycles. The Labute approximate surface area is 198 Å². The molecule has 2 spiro atoms. The summed E-state index contributed by atoms with van der Waals surface area (Å²) in [5.74, 6) is 4.49. The van der Waals surface area contributed by atoms with Crippen molar-refractivity contribution in [1.29, 1.82) is 0 Å². The molecule has 0 aromatic heterocycles. The van der Waals surface area contributed by atoms with Gasteiger partial charge in [0.15, 0.2) is 0 Å². The Morgan fingerprint density at radius 1 is 0.906 bits per heavy atom. The van der Waals surface area contributed by atoms with Crippen molar-refractivity contribution >= 4 is 5.78 Å². The summed E-state index contributed by atoms with van der Waals surface area (Å²) in [5.41, 5.74) is 3.37. The summed E-state index contributed by atoms with van der Waals surface area (Å²) in [4.78, 5) is 12.8. The molecule has 5 saturated carbocycles. The van der Waals surface area contributed by atoms with Crippen molar-refractivity contribution in [2.45, 2.75) is 119 Å². The quantitative estimate of drug-likeness (QED) is 0.393. The summed E-state index contributed by atoms with van der Waals surface area (Å²) < 4.78 is 0. The van der Waals surface area contributed by atoms with Crippen molar-refractivity contribution in [3.8, 4) is 0 Å². The highest BCUT2D eigenvalue weighted by molar-refractivity contribution is 5.86. The molecule has 0 aromatic carbocycles. The van der Waals surface area contributed by atoms with Gasteiger partial charge >= 0.3 is 0 Å². The Morgan fingerprint density at radius 3 is 2.25 bits per heavy atom. The molecule has 0 N–H and O–H groups in total. The molecular formula is C31H50O. The highest BCUT2D eigenvalue weighted by atomic mass is 16.1. The number of hydrogen-bond acceptors (Lipinski definition) is 1. The fourth-order valence-electron chi connectivity index (χ4n) is 11.1. The van der Waals surface area contributed by atoms with Crippen molar-refractivity contribution in [2.75, 3.05) is 0 Å². The van der Waals surface area contributed by atoms with E-state index in [0.29, 0.717) is 39.3 Å². The van der Waals surface area contributed by atoms with Crippen molar-refractivity contribution < 1.29 is 4.79 Å². The van der Waals surface area contributed by atoms with Gasteiger partial charge in [-0.25, -0.2) is 0 Å². The number of allylic oxidation sites excluding steroid dienone is 1. The second kappa shape index (κ2) is 6.97. The van der Waals surface area contributed by atoms with Gasteiger partial charge in [-0.1, -0.05) is 53.7 Å². The minimum absolute atomic E-state index is 0.0823. The molecule has 9 atom stereocenters. The van der Waals surface area contributed by atoms with Crippen LogP contribution in [0.3, 0.4) is 0 Å². The predicted octanol–water partition coefficient (Wildman–Crippen LogP) is 8.62. The number of hydrogen-bond donors (Lipinski definition) is 0. The standard InChI is InChI=1S/C31H50O/c1-20(2)21(3)9-10-22(4)23-13-15-29(8)25-12-11-24-27(5,6)26(32)14-16-30(24)19-31(25,30)18-17-28(23,29)7/h21-25H,1,9-19H2,2-8H3/t21-,22+,23+,24-,25-,28+,29-,30+,31-/m0/s1. The molecule has 1 heteroatoms. The van der Waals surface area contributed by atoms with Gasteiger partial charge in [0.25, 0.3) is 0 Å². The van der Waals surface area contributed by atoms with Gasteiger partial charge in [0.1, 0.15) is 5.78 Å². The molecule has 0 radical (unpaired) electrons. The average Bonchev–Trinajstić information content (AvgIpc) is 3.31. The first kappa shape index (κ1) is 23.2. The minimum Gasteiger partial charge on any atom is -0.299 e. The van der Waals surface area contributed by atoms with Crippen molar-refractivity contribution in [3.05, 3.63) is 12.2 Å². The lowest BCUT2D eigenvalue weighted by atomic mass is 9.42. The van der Waals surface area contributed by atoms with Crippen LogP contribution in [0.2, 0.25) is 0 Å². The first-order valence-corrected chi connectivity index (χ1v) is 14.0. The molecule has 0 aromatic rings. The lowest BCUT2D eigenvalue weighted by Crippen LogP contribution is -2.57. The van der Waals surface area contributed by atoms with Crippen LogP contribution >= 0.6 is 0 Å². The third kappa shape index (κ3) is 2.66. The van der Waals surface area contributed by atoms with Crippen LogP contribution in [-0.4, -0.2) is 5.78 Å². The van der Waals surface area contributed by atoms with Gasteiger partial charge in [-0.3, -0.25) is 4.79 Å². The van der Waals surface area contributed by atoms with E-state index in [-0.39, 0.29) is 5.41 Å². The Kier molecular flexibility index (Phi) is 5.05. The van der Waals surface area contributed by atoms with E-state index < -0.39 is 0 Å². The van der Waals surface area contributed by atoms with E-state index in [1.54, 1.807) is 0 Å². The molecule has 5 aliphatic rings. The van der Waals surface area contributed by atoms with E-state index in [1.165, 1.54) is 69.8 Å². The summed E-state index contributed by atoms with van der Waals surface area (Å²) in [5, 5.41) is 0. The van der Waals surface area contributed by atoms with Crippen molar-refractivity contribution in [2.24, 2.45) is 56.7 Å². The maximum absolute atomic E-state index is 12.8. The molecule has 0 saturated heterocycles. The van der Waals surface area contributed by atoms with E-state index >= 15 is 0 Å². The first-order valence-electron chi connectivity index (χ1n) is 14.0. The zero-order valence-corrected chi connectivity index (χ0v) is 22.3. The van der Waals surface area contributed by atoms with E-state index in [2.05, 4.69) is 55.0 Å². The third-order valence-electron chi connectivity index (χ3n) is 13.5. The SMILES string of the molecule is C=C(C)[C@@H](C)CC[C@@H](C)[C@H]1CC[C@@]2(C)[C@@H]3CC[C@H]4C(C)(C)C(=O)CC[C@@]45C[C@@]35CC[C@]12C. The van der Waals surface area contributed by atoms with Crippen LogP contribution in [0.5, 0.6) is 0 Å². The minimum atomic E-state index is -0.0823. The van der Waals surface area contributed by atoms with Crippen LogP contribution < -0.4 is 0 Å². The normalized spacial score (nSPS) is 50.5. The molecule has 0 unspecified atom stereocenters. The fourth-order valence-corrected chi connectivity index (χ4v) is 11.1. The molecule has 0 amide bonds. The molecule has 0 bridgehead atoms. The zero-order chi connectivity index (χ0) is 23.3. The topological polar surface area (TPSA) is 17.1 Å². The van der Waals surface area contributed by atoms with E-state index in [0.717, 1.165) is 24.2 Å². The van der Waals surface area contributed by atoms with Gasteiger partial charge in [-0.05, 0) is 122 Å². The van der Waals surface area contributed by atoms with Crippen molar-refractivity contribution in [3.63, 3.8) is 0 Å². The first-order chi connectivity index (χ1) is 14.9. The van der Waals surface area contributed by atoms with Gasteiger partial charge < -0.3 is 0 Å². The van der Waals surface area contributed by atoms with E-state index in [4.69, 9.17) is 0 Å². The third-order valence-corrected chi connectivity index (χ3v) is 13.5. The number of ketones is 1. The number of carbonyl (C=O) groups excluding carboxylic acids is 1. The summed E-state index contributed by atoms with van der Waals surface area (Å²) in [6, 6.07) is 0. The van der Waals surface area contributed by atoms with Gasteiger partial charge in [0.05, 0.1) is 0 Å². The maximum atomic E-state index is 12.8. The van der Waals surface area contributed by atoms with Crippen LogP contribution in [0.25, 0.3) is 0 Å². The lowest BCUT2D eigenvalue weighted by Gasteiger charge is -2.62. The molecular weight excluding hydrogens is 388 g/mol. The monoisotopic (exact) mass is 438 g/mol. The Morgan fingerprint density at radius 2 is 1.56 bits per heavy atom. The highest BCUT2D eigenvalue weighted by Gasteiger charge is 2.82. The predicted molar refractivity (Wildman–Crippen MR) is 134 cm³/mol. The van der Waals surface area contributed by atoms with Crippen LogP contribution in [0.4, 0.5) is 0 Å². The molecule has 0 aliphatic heterocycles. The average molecular weight is 439 g/mol. The Balaban J connectivity index is 1.39. The second-order valence-electron chi connectivity index (χ2n) is 14.6. The molecule has 32 heavy (non-hydrogen) atoms. The fraction of sp³-hybridized carbons (Fsp3) is 0.903. The maximum Gasteiger partial charge on any atom is 0.138 e. The van der Waals surface area contributed by atoms with Gasteiger partial charge in [-0.2, -0.15) is 0 Å². The summed E-state index contributed by atoms with van der Waals surface area (Å²) >= 11 is 0. The van der Waals surface area contributed by atoms with Crippen LogP contribution in [0.15, 0.2) is 12.2 Å². The van der Waals surface area contributed by atoms with Gasteiger partial charge in [0.2, 0.25) is 0 Å². The molecule has 5 aliphatic carbocycles. The zero-order valence-electron chi connectivity index (χ0n) is 22.3. The molecule has 180 valence electrons. The van der Waals surface area contributed by atoms with E-state index in [9.17, 15) is 4.79 Å². The number of rotatable bonds is 5. The highest BCUT2D eigenvalue weighted by Crippen LogP contribution is 2.88. The molecule has 5 rings (SSSR count). The number of carbonyl (C=O) groups is 1. The van der Waals surface area contributed by atoms with Crippen LogP contribution in [-0.2, 0) is 4.79 Å². The van der Waals surface area contributed by atoms with Gasteiger partial charge in [0, 0.05) is 11.8 Å². The summed E-state index contributed by atoms with van der Waals surface area (Å²) in [6.45, 7) is 21.4. The Hall–Kier alpha value is -0.590. The van der Waals surface area contributed by atoms with Crippen LogP contribution in [0.1, 0.15) is 119 Å². The number of fused-ring (bicyclic) bond motifs is 2.